The molecule has 150 valence electrons. The number of phenols is 1. The Kier molecular flexibility index (Phi) is 6.73. The number of benzene rings is 2. The van der Waals surface area contributed by atoms with Gasteiger partial charge in [-0.05, 0) is 55.5 Å². The molecule has 3 aromatic rings. The van der Waals surface area contributed by atoms with E-state index in [0.29, 0.717) is 5.56 Å². The summed E-state index contributed by atoms with van der Waals surface area (Å²) in [5.74, 6) is -3.02. The molecule has 0 fully saturated rings. The lowest BCUT2D eigenvalue weighted by Crippen LogP contribution is -1.97. The van der Waals surface area contributed by atoms with Crippen LogP contribution in [0.3, 0.4) is 0 Å². The molecule has 0 radical (unpaired) electrons. The lowest BCUT2D eigenvalue weighted by atomic mass is 10.0. The first-order valence-electron chi connectivity index (χ1n) is 9.54. The lowest BCUT2D eigenvalue weighted by Gasteiger charge is -2.07. The van der Waals surface area contributed by atoms with Crippen LogP contribution in [0.1, 0.15) is 31.7 Å². The summed E-state index contributed by atoms with van der Waals surface area (Å²) in [5.41, 5.74) is 3.24. The first-order chi connectivity index (χ1) is 14.0. The van der Waals surface area contributed by atoms with Crippen molar-refractivity contribution in [2.45, 2.75) is 32.3 Å². The van der Waals surface area contributed by atoms with E-state index < -0.39 is 17.4 Å². The van der Waals surface area contributed by atoms with Crippen LogP contribution in [-0.2, 0) is 0 Å². The number of rotatable bonds is 7. The van der Waals surface area contributed by atoms with Crippen LogP contribution in [0, 0.1) is 11.6 Å². The summed E-state index contributed by atoms with van der Waals surface area (Å²) in [6, 6.07) is 13.4. The fraction of sp³-hybridized carbons (Fsp3) is 0.208. The largest absolute Gasteiger partial charge is 0.505 e. The number of phenolic OH excluding ortho intramolecular Hbond substituents is 1. The SMILES string of the molecule is CC(O)CCCC=Cc1ccc(-c2ccc(-c3ccc(O)c(F)c3F)cc2)nc1. The van der Waals surface area contributed by atoms with Gasteiger partial charge in [-0.25, -0.2) is 4.39 Å². The minimum Gasteiger partial charge on any atom is -0.505 e. The van der Waals surface area contributed by atoms with Crippen LogP contribution >= 0.6 is 0 Å². The first kappa shape index (κ1) is 20.7. The van der Waals surface area contributed by atoms with Crippen molar-refractivity contribution in [2.24, 2.45) is 0 Å². The predicted octanol–water partition coefficient (Wildman–Crippen LogP) is 5.96. The number of aliphatic hydroxyl groups is 1. The molecule has 0 aliphatic rings. The number of nitrogens with zero attached hydrogens (tertiary/aromatic N) is 1. The molecule has 3 rings (SSSR count). The molecule has 0 spiro atoms. The van der Waals surface area contributed by atoms with Gasteiger partial charge in [-0.2, -0.15) is 4.39 Å². The Balaban J connectivity index is 1.69. The normalized spacial score (nSPS) is 12.4. The number of hydrogen-bond acceptors (Lipinski definition) is 3. The summed E-state index contributed by atoms with van der Waals surface area (Å²) < 4.78 is 27.6. The number of unbranched alkanes of at least 4 members (excludes halogenated alkanes) is 1. The van der Waals surface area contributed by atoms with Gasteiger partial charge in [0.1, 0.15) is 0 Å². The molecule has 29 heavy (non-hydrogen) atoms. The predicted molar refractivity (Wildman–Crippen MR) is 111 cm³/mol. The van der Waals surface area contributed by atoms with Gasteiger partial charge in [-0.1, -0.05) is 42.5 Å². The molecule has 2 N–H and O–H groups in total. The molecule has 0 saturated carbocycles. The maximum absolute atomic E-state index is 14.0. The monoisotopic (exact) mass is 395 g/mol. The summed E-state index contributed by atoms with van der Waals surface area (Å²) in [4.78, 5) is 4.46. The van der Waals surface area contributed by atoms with Crippen LogP contribution in [0.25, 0.3) is 28.5 Å². The van der Waals surface area contributed by atoms with Gasteiger partial charge in [-0.3, -0.25) is 4.98 Å². The van der Waals surface area contributed by atoms with Crippen LogP contribution in [-0.4, -0.2) is 21.3 Å². The summed E-state index contributed by atoms with van der Waals surface area (Å²) >= 11 is 0. The highest BCUT2D eigenvalue weighted by molar-refractivity contribution is 5.70. The Bertz CT molecular complexity index is 981. The van der Waals surface area contributed by atoms with E-state index in [4.69, 9.17) is 0 Å². The molecule has 0 aliphatic carbocycles. The van der Waals surface area contributed by atoms with Gasteiger partial charge in [0.15, 0.2) is 11.6 Å². The zero-order valence-electron chi connectivity index (χ0n) is 16.1. The van der Waals surface area contributed by atoms with Gasteiger partial charge in [-0.15, -0.1) is 0 Å². The van der Waals surface area contributed by atoms with Crippen LogP contribution < -0.4 is 0 Å². The van der Waals surface area contributed by atoms with Crippen molar-refractivity contribution in [1.82, 2.24) is 4.98 Å². The van der Waals surface area contributed by atoms with Crippen molar-refractivity contribution in [3.63, 3.8) is 0 Å². The third kappa shape index (κ3) is 5.27. The number of hydrogen-bond donors (Lipinski definition) is 2. The second-order valence-corrected chi connectivity index (χ2v) is 7.00. The van der Waals surface area contributed by atoms with E-state index in [1.165, 1.54) is 6.07 Å². The smallest absolute Gasteiger partial charge is 0.200 e. The van der Waals surface area contributed by atoms with Gasteiger partial charge >= 0.3 is 0 Å². The highest BCUT2D eigenvalue weighted by Crippen LogP contribution is 2.30. The number of halogens is 2. The van der Waals surface area contributed by atoms with Crippen LogP contribution in [0.15, 0.2) is 60.8 Å². The summed E-state index contributed by atoms with van der Waals surface area (Å²) in [6.07, 6.45) is 8.23. The second-order valence-electron chi connectivity index (χ2n) is 7.00. The molecule has 0 aliphatic heterocycles. The Hall–Kier alpha value is -3.05. The van der Waals surface area contributed by atoms with Crippen molar-refractivity contribution >= 4 is 6.08 Å². The van der Waals surface area contributed by atoms with Crippen molar-refractivity contribution in [3.8, 4) is 28.1 Å². The molecule has 3 nitrogen and oxygen atoms in total. The molecular formula is C24H23F2NO2. The standard InChI is InChI=1S/C24H23F2NO2/c1-16(28)5-3-2-4-6-17-7-13-21(27-15-17)19-10-8-18(9-11-19)20-12-14-22(29)24(26)23(20)25/h4,6-16,28-29H,2-3,5H2,1H3. The molecule has 1 heterocycles. The van der Waals surface area contributed by atoms with E-state index in [2.05, 4.69) is 11.1 Å². The molecule has 2 aromatic carbocycles. The maximum atomic E-state index is 14.0. The molecule has 0 amide bonds. The quantitative estimate of drug-likeness (QED) is 0.485. The number of aromatic hydroxyl groups is 1. The van der Waals surface area contributed by atoms with Gasteiger partial charge < -0.3 is 10.2 Å². The lowest BCUT2D eigenvalue weighted by molar-refractivity contribution is 0.182. The molecule has 5 heteroatoms. The van der Waals surface area contributed by atoms with E-state index in [1.54, 1.807) is 37.4 Å². The van der Waals surface area contributed by atoms with Crippen molar-refractivity contribution < 1.29 is 19.0 Å². The Morgan fingerprint density at radius 2 is 1.69 bits per heavy atom. The second kappa shape index (κ2) is 9.43. The van der Waals surface area contributed by atoms with E-state index >= 15 is 0 Å². The Labute approximate surface area is 169 Å². The number of pyridine rings is 1. The van der Waals surface area contributed by atoms with Gasteiger partial charge in [0, 0.05) is 17.3 Å². The third-order valence-electron chi connectivity index (χ3n) is 4.64. The molecule has 1 unspecified atom stereocenters. The van der Waals surface area contributed by atoms with E-state index in [-0.39, 0.29) is 11.7 Å². The highest BCUT2D eigenvalue weighted by Gasteiger charge is 2.14. The van der Waals surface area contributed by atoms with E-state index in [0.717, 1.165) is 42.1 Å². The van der Waals surface area contributed by atoms with Crippen molar-refractivity contribution in [1.29, 1.82) is 0 Å². The van der Waals surface area contributed by atoms with Crippen LogP contribution in [0.4, 0.5) is 8.78 Å². The van der Waals surface area contributed by atoms with E-state index in [1.807, 2.05) is 18.2 Å². The number of aromatic nitrogens is 1. The molecule has 0 bridgehead atoms. The Morgan fingerprint density at radius 3 is 2.34 bits per heavy atom. The molecular weight excluding hydrogens is 372 g/mol. The van der Waals surface area contributed by atoms with Crippen molar-refractivity contribution in [2.75, 3.05) is 0 Å². The Morgan fingerprint density at radius 1 is 0.966 bits per heavy atom. The fourth-order valence-corrected chi connectivity index (χ4v) is 3.01. The minimum absolute atomic E-state index is 0.0934. The maximum Gasteiger partial charge on any atom is 0.200 e. The first-order valence-corrected chi connectivity index (χ1v) is 9.54. The summed E-state index contributed by atoms with van der Waals surface area (Å²) in [5, 5.41) is 18.5. The molecule has 0 saturated heterocycles. The number of allylic oxidation sites excluding steroid dienone is 1. The average molecular weight is 395 g/mol. The topological polar surface area (TPSA) is 53.4 Å². The summed E-state index contributed by atoms with van der Waals surface area (Å²) in [6.45, 7) is 1.79. The zero-order chi connectivity index (χ0) is 20.8. The van der Waals surface area contributed by atoms with E-state index in [9.17, 15) is 19.0 Å². The van der Waals surface area contributed by atoms with Gasteiger partial charge in [0.2, 0.25) is 5.82 Å². The minimum atomic E-state index is -1.25. The highest BCUT2D eigenvalue weighted by atomic mass is 19.2. The molecule has 1 aromatic heterocycles. The van der Waals surface area contributed by atoms with Crippen molar-refractivity contribution in [3.05, 3.63) is 78.0 Å². The molecule has 1 atom stereocenters. The number of aliphatic hydroxyl groups excluding tert-OH is 1. The van der Waals surface area contributed by atoms with Gasteiger partial charge in [0.25, 0.3) is 0 Å². The summed E-state index contributed by atoms with van der Waals surface area (Å²) in [7, 11) is 0. The third-order valence-corrected chi connectivity index (χ3v) is 4.64. The van der Waals surface area contributed by atoms with Crippen LogP contribution in [0.5, 0.6) is 5.75 Å². The van der Waals surface area contributed by atoms with Gasteiger partial charge in [0.05, 0.1) is 11.8 Å². The van der Waals surface area contributed by atoms with Crippen LogP contribution in [0.2, 0.25) is 0 Å². The fourth-order valence-electron chi connectivity index (χ4n) is 3.01. The zero-order valence-corrected chi connectivity index (χ0v) is 16.1. The average Bonchev–Trinajstić information content (AvgIpc) is 2.72.